The van der Waals surface area contributed by atoms with Gasteiger partial charge in [-0.3, -0.25) is 0 Å². The molecule has 0 radical (unpaired) electrons. The summed E-state index contributed by atoms with van der Waals surface area (Å²) in [7, 11) is 0. The zero-order valence-electron chi connectivity index (χ0n) is 30.0. The Hall–Kier alpha value is -1.15. The molecular weight excluding hydrogens is 558 g/mol. The molecule has 0 aliphatic heterocycles. The van der Waals surface area contributed by atoms with Crippen LogP contribution in [-0.2, 0) is 4.74 Å². The lowest BCUT2D eigenvalue weighted by molar-refractivity contribution is -0.0578. The van der Waals surface area contributed by atoms with E-state index in [1.165, 1.54) is 64.2 Å². The summed E-state index contributed by atoms with van der Waals surface area (Å²) >= 11 is 0. The van der Waals surface area contributed by atoms with Gasteiger partial charge in [-0.1, -0.05) is 65.5 Å². The number of nitrogens with one attached hydrogen (secondary N) is 2. The van der Waals surface area contributed by atoms with Crippen molar-refractivity contribution >= 4 is 6.09 Å². The van der Waals surface area contributed by atoms with E-state index in [0.717, 1.165) is 107 Å². The summed E-state index contributed by atoms with van der Waals surface area (Å²) in [5.41, 5.74) is 18.5. The maximum absolute atomic E-state index is 11.3. The van der Waals surface area contributed by atoms with Crippen molar-refractivity contribution in [3.8, 4) is 0 Å². The molecule has 3 saturated carbocycles. The van der Waals surface area contributed by atoms with Crippen LogP contribution in [0.15, 0.2) is 11.6 Å². The lowest BCUT2D eigenvalue weighted by Gasteiger charge is -2.58. The van der Waals surface area contributed by atoms with Crippen molar-refractivity contribution < 1.29 is 9.53 Å². The van der Waals surface area contributed by atoms with Crippen LogP contribution in [0.1, 0.15) is 131 Å². The molecule has 262 valence electrons. The largest absolute Gasteiger partial charge is 0.446 e. The zero-order chi connectivity index (χ0) is 32.9. The van der Waals surface area contributed by atoms with E-state index >= 15 is 0 Å². The van der Waals surface area contributed by atoms with Crippen LogP contribution in [0.4, 0.5) is 4.79 Å². The summed E-state index contributed by atoms with van der Waals surface area (Å²) in [4.78, 5) is 11.3. The van der Waals surface area contributed by atoms with Gasteiger partial charge in [-0.2, -0.15) is 0 Å². The smallest absolute Gasteiger partial charge is 0.404 e. The summed E-state index contributed by atoms with van der Waals surface area (Å²) in [5, 5.41) is 6.74. The number of rotatable bonds is 17. The van der Waals surface area contributed by atoms with Gasteiger partial charge in [0, 0.05) is 6.42 Å². The Morgan fingerprint density at radius 2 is 1.56 bits per heavy atom. The van der Waals surface area contributed by atoms with Crippen molar-refractivity contribution in [3.05, 3.63) is 11.6 Å². The van der Waals surface area contributed by atoms with Gasteiger partial charge >= 0.3 is 6.09 Å². The van der Waals surface area contributed by atoms with Gasteiger partial charge in [-0.25, -0.2) is 4.79 Å². The Balaban J connectivity index is 0.000000335. The molecule has 0 heterocycles. The maximum atomic E-state index is 11.3. The number of amides is 1. The van der Waals surface area contributed by atoms with Crippen molar-refractivity contribution in [1.29, 1.82) is 0 Å². The van der Waals surface area contributed by atoms with E-state index in [4.69, 9.17) is 21.9 Å². The van der Waals surface area contributed by atoms with Crippen molar-refractivity contribution in [3.63, 3.8) is 0 Å². The molecule has 4 aliphatic rings. The van der Waals surface area contributed by atoms with Crippen LogP contribution >= 0.6 is 0 Å². The molecule has 0 bridgehead atoms. The van der Waals surface area contributed by atoms with Gasteiger partial charge in [0.2, 0.25) is 0 Å². The highest BCUT2D eigenvalue weighted by Crippen LogP contribution is 2.67. The number of carbonyl (C=O) groups is 1. The fraction of sp³-hybridized carbons (Fsp3) is 0.921. The number of hydrogen-bond acceptors (Lipinski definition) is 6. The number of ether oxygens (including phenoxy) is 1. The first kappa shape index (κ1) is 38.3. The molecule has 4 aliphatic carbocycles. The molecule has 8 atom stereocenters. The number of carbonyl (C=O) groups excluding carboxylic acids is 1. The van der Waals surface area contributed by atoms with Crippen molar-refractivity contribution in [1.82, 2.24) is 10.6 Å². The Morgan fingerprint density at radius 3 is 2.22 bits per heavy atom. The third-order valence-corrected chi connectivity index (χ3v) is 12.6. The lowest BCUT2D eigenvalue weighted by Crippen LogP contribution is -2.51. The van der Waals surface area contributed by atoms with Crippen molar-refractivity contribution in [2.75, 3.05) is 39.3 Å². The summed E-state index contributed by atoms with van der Waals surface area (Å²) in [6.07, 6.45) is 20.7. The first-order valence-electron chi connectivity index (χ1n) is 19.0. The van der Waals surface area contributed by atoms with E-state index in [0.29, 0.717) is 10.8 Å². The number of nitrogens with two attached hydrogens (primary N) is 3. The predicted molar refractivity (Wildman–Crippen MR) is 190 cm³/mol. The van der Waals surface area contributed by atoms with Gasteiger partial charge in [-0.05, 0) is 156 Å². The summed E-state index contributed by atoms with van der Waals surface area (Å²) in [6.45, 7) is 18.4. The molecule has 45 heavy (non-hydrogen) atoms. The number of unbranched alkanes of at least 4 members (excludes halogenated alkanes) is 1. The molecule has 0 saturated heterocycles. The first-order chi connectivity index (χ1) is 21.6. The Kier molecular flexibility index (Phi) is 16.2. The lowest BCUT2D eigenvalue weighted by atomic mass is 9.47. The molecule has 4 unspecified atom stereocenters. The Morgan fingerprint density at radius 1 is 0.867 bits per heavy atom. The molecule has 8 N–H and O–H groups in total. The molecule has 0 aromatic carbocycles. The molecule has 1 amide bonds. The highest BCUT2D eigenvalue weighted by atomic mass is 16.6. The van der Waals surface area contributed by atoms with Gasteiger partial charge in [0.05, 0.1) is 0 Å². The molecule has 0 spiro atoms. The second-order valence-electron chi connectivity index (χ2n) is 16.1. The van der Waals surface area contributed by atoms with E-state index in [9.17, 15) is 4.79 Å². The van der Waals surface area contributed by atoms with Crippen LogP contribution in [-0.4, -0.2) is 51.5 Å². The minimum Gasteiger partial charge on any atom is -0.446 e. The fourth-order valence-electron chi connectivity index (χ4n) is 10.1. The maximum Gasteiger partial charge on any atom is 0.404 e. The van der Waals surface area contributed by atoms with E-state index in [1.54, 1.807) is 5.57 Å². The number of allylic oxidation sites excluding steroid dienone is 1. The summed E-state index contributed by atoms with van der Waals surface area (Å²) in [6, 6.07) is 0. The van der Waals surface area contributed by atoms with Gasteiger partial charge < -0.3 is 32.6 Å². The fourth-order valence-corrected chi connectivity index (χ4v) is 10.1. The minimum absolute atomic E-state index is 0.00946. The Bertz CT molecular complexity index is 883. The van der Waals surface area contributed by atoms with E-state index in [1.807, 2.05) is 0 Å². The number of fused-ring (bicyclic) bond motifs is 5. The SMILES string of the molecule is CC(C)CCC[C@@H](C)[C@H]1CCC2C3CC=C4CC(OC(N)=O)CC[C@]4(C)C3CC[C@@]21C.NCCCCNCCCNCCCN. The van der Waals surface area contributed by atoms with Gasteiger partial charge in [0.25, 0.3) is 0 Å². The molecule has 3 fully saturated rings. The quantitative estimate of drug-likeness (QED) is 0.0858. The highest BCUT2D eigenvalue weighted by molar-refractivity contribution is 5.64. The van der Waals surface area contributed by atoms with Crippen LogP contribution in [0.3, 0.4) is 0 Å². The third kappa shape index (κ3) is 10.7. The normalized spacial score (nSPS) is 32.9. The zero-order valence-corrected chi connectivity index (χ0v) is 30.0. The second kappa shape index (κ2) is 19.0. The number of hydrogen-bond donors (Lipinski definition) is 5. The van der Waals surface area contributed by atoms with Crippen LogP contribution < -0.4 is 27.8 Å². The topological polar surface area (TPSA) is 128 Å². The summed E-state index contributed by atoms with van der Waals surface area (Å²) in [5.74, 6) is 5.20. The van der Waals surface area contributed by atoms with Gasteiger partial charge in [0.15, 0.2) is 0 Å². The molecule has 7 nitrogen and oxygen atoms in total. The van der Waals surface area contributed by atoms with Gasteiger partial charge in [-0.15, -0.1) is 0 Å². The molecule has 0 aromatic rings. The van der Waals surface area contributed by atoms with Crippen molar-refractivity contribution in [2.45, 2.75) is 137 Å². The highest BCUT2D eigenvalue weighted by Gasteiger charge is 2.59. The third-order valence-electron chi connectivity index (χ3n) is 12.6. The first-order valence-corrected chi connectivity index (χ1v) is 19.0. The standard InChI is InChI=1S/C28H47NO2.C10H26N4/c1-18(2)7-6-8-19(3)23-11-12-24-22-10-9-20-17-21(31-26(29)30)13-15-27(20,4)25(22)14-16-28(23,24)5;11-5-1-2-7-13-9-4-10-14-8-3-6-12/h9,18-19,21-25H,6-8,10-17H2,1-5H3,(H2,29,30);13-14H,1-12H2/t19-,21?,22?,23-,24?,25?,27+,28-;/m1./s1. The van der Waals surface area contributed by atoms with Crippen LogP contribution in [0.25, 0.3) is 0 Å². The van der Waals surface area contributed by atoms with Crippen LogP contribution in [0, 0.1) is 46.3 Å². The van der Waals surface area contributed by atoms with E-state index in [-0.39, 0.29) is 6.10 Å². The van der Waals surface area contributed by atoms with Crippen LogP contribution in [0.2, 0.25) is 0 Å². The summed E-state index contributed by atoms with van der Waals surface area (Å²) < 4.78 is 5.39. The second-order valence-corrected chi connectivity index (χ2v) is 16.1. The van der Waals surface area contributed by atoms with Crippen molar-refractivity contribution in [2.24, 2.45) is 63.5 Å². The molecule has 0 aromatic heterocycles. The van der Waals surface area contributed by atoms with Crippen LogP contribution in [0.5, 0.6) is 0 Å². The molecular formula is C38H73N5O2. The number of primary amides is 1. The predicted octanol–water partition coefficient (Wildman–Crippen LogP) is 7.14. The molecule has 4 rings (SSSR count). The Labute approximate surface area is 277 Å². The van der Waals surface area contributed by atoms with Gasteiger partial charge in [0.1, 0.15) is 6.10 Å². The minimum atomic E-state index is -0.615. The average Bonchev–Trinajstić information content (AvgIpc) is 3.35. The van der Waals surface area contributed by atoms with E-state index in [2.05, 4.69) is 51.3 Å². The monoisotopic (exact) mass is 632 g/mol. The average molecular weight is 632 g/mol. The molecule has 7 heteroatoms. The van der Waals surface area contributed by atoms with E-state index < -0.39 is 6.09 Å².